The van der Waals surface area contributed by atoms with Gasteiger partial charge in [0.2, 0.25) is 0 Å². The number of benzene rings is 1. The number of amides is 1. The van der Waals surface area contributed by atoms with Crippen molar-refractivity contribution in [2.75, 3.05) is 0 Å². The number of pyridine rings is 1. The fraction of sp³-hybridized carbons (Fsp3) is 0.333. The van der Waals surface area contributed by atoms with Crippen molar-refractivity contribution in [1.29, 1.82) is 0 Å². The number of hydrogen-bond acceptors (Lipinski definition) is 3. The molecule has 1 aromatic heterocycles. The molecule has 4 nitrogen and oxygen atoms in total. The van der Waals surface area contributed by atoms with Crippen LogP contribution in [-0.4, -0.2) is 21.9 Å². The molecular weight excluding hydrogens is 356 g/mol. The van der Waals surface area contributed by atoms with Crippen LogP contribution in [0, 0.1) is 5.92 Å². The second kappa shape index (κ2) is 6.71. The van der Waals surface area contributed by atoms with Gasteiger partial charge in [-0.1, -0.05) is 35.8 Å². The Morgan fingerprint density at radius 3 is 2.91 bits per heavy atom. The van der Waals surface area contributed by atoms with Crippen molar-refractivity contribution < 1.29 is 9.53 Å². The molecular formula is C18H19BrN2O2. The molecule has 3 rings (SSSR count). The second-order valence-corrected chi connectivity index (χ2v) is 7.01. The number of fused-ring (bicyclic) bond motifs is 1. The van der Waals surface area contributed by atoms with Crippen molar-refractivity contribution in [3.8, 4) is 5.75 Å². The average Bonchev–Trinajstić information content (AvgIpc) is 2.66. The summed E-state index contributed by atoms with van der Waals surface area (Å²) in [6.07, 6.45) is 3.07. The van der Waals surface area contributed by atoms with Gasteiger partial charge in [0.1, 0.15) is 5.75 Å². The van der Waals surface area contributed by atoms with Gasteiger partial charge in [-0.3, -0.25) is 9.78 Å². The lowest BCUT2D eigenvalue weighted by molar-refractivity contribution is -0.140. The fourth-order valence-electron chi connectivity index (χ4n) is 2.70. The van der Waals surface area contributed by atoms with E-state index in [4.69, 9.17) is 4.74 Å². The average molecular weight is 375 g/mol. The fourth-order valence-corrected chi connectivity index (χ4v) is 3.11. The minimum absolute atomic E-state index is 0.0242. The number of hydrogen-bond donors (Lipinski definition) is 0. The summed E-state index contributed by atoms with van der Waals surface area (Å²) in [5.41, 5.74) is 2.03. The maximum atomic E-state index is 12.9. The van der Waals surface area contributed by atoms with Crippen molar-refractivity contribution in [1.82, 2.24) is 9.88 Å². The van der Waals surface area contributed by atoms with Gasteiger partial charge in [0.15, 0.2) is 6.10 Å². The first-order valence-corrected chi connectivity index (χ1v) is 8.46. The van der Waals surface area contributed by atoms with E-state index in [0.717, 1.165) is 21.3 Å². The Hall–Kier alpha value is -1.88. The van der Waals surface area contributed by atoms with Crippen LogP contribution in [0.2, 0.25) is 0 Å². The molecule has 5 heteroatoms. The first-order chi connectivity index (χ1) is 11.0. The number of carbonyl (C=O) groups excluding carboxylic acids is 1. The molecule has 0 aliphatic carbocycles. The highest BCUT2D eigenvalue weighted by Crippen LogP contribution is 2.31. The van der Waals surface area contributed by atoms with Gasteiger partial charge in [0, 0.05) is 35.5 Å². The number of nitrogens with zero attached hydrogens (tertiary/aromatic N) is 2. The number of carbonyl (C=O) groups is 1. The summed E-state index contributed by atoms with van der Waals surface area (Å²) in [6.45, 7) is 5.08. The lowest BCUT2D eigenvalue weighted by atomic mass is 10.1. The Bertz CT molecular complexity index is 703. The van der Waals surface area contributed by atoms with Gasteiger partial charge in [-0.25, -0.2) is 0 Å². The minimum atomic E-state index is -0.464. The predicted molar refractivity (Wildman–Crippen MR) is 91.9 cm³/mol. The molecule has 0 spiro atoms. The standard InChI is InChI=1S/C18H19BrN2O2/c1-12(2)17-18(22)21(10-13-4-3-7-20-9-13)11-14-8-15(19)5-6-16(14)23-17/h3-9,12,17H,10-11H2,1-2H3. The molecule has 1 aliphatic rings. The molecule has 1 aromatic carbocycles. The Kier molecular flexibility index (Phi) is 4.66. The minimum Gasteiger partial charge on any atom is -0.480 e. The van der Waals surface area contributed by atoms with E-state index < -0.39 is 6.10 Å². The molecule has 0 N–H and O–H groups in total. The van der Waals surface area contributed by atoms with E-state index in [9.17, 15) is 4.79 Å². The first kappa shape index (κ1) is 16.0. The Balaban J connectivity index is 1.95. The molecule has 0 bridgehead atoms. The SMILES string of the molecule is CC(C)C1Oc2ccc(Br)cc2CN(Cc2cccnc2)C1=O. The van der Waals surface area contributed by atoms with E-state index in [-0.39, 0.29) is 11.8 Å². The normalized spacial score (nSPS) is 17.7. The zero-order valence-corrected chi connectivity index (χ0v) is 14.8. The largest absolute Gasteiger partial charge is 0.480 e. The smallest absolute Gasteiger partial charge is 0.264 e. The third-order valence-electron chi connectivity index (χ3n) is 3.89. The summed E-state index contributed by atoms with van der Waals surface area (Å²) < 4.78 is 7.01. The first-order valence-electron chi connectivity index (χ1n) is 7.67. The van der Waals surface area contributed by atoms with E-state index >= 15 is 0 Å². The van der Waals surface area contributed by atoms with Gasteiger partial charge >= 0.3 is 0 Å². The number of rotatable bonds is 3. The van der Waals surface area contributed by atoms with Gasteiger partial charge in [0.25, 0.3) is 5.91 Å². The molecule has 1 amide bonds. The molecule has 2 aromatic rings. The zero-order valence-electron chi connectivity index (χ0n) is 13.2. The summed E-state index contributed by atoms with van der Waals surface area (Å²) in [7, 11) is 0. The van der Waals surface area contributed by atoms with Gasteiger partial charge in [-0.2, -0.15) is 0 Å². The zero-order chi connectivity index (χ0) is 16.4. The van der Waals surface area contributed by atoms with Crippen LogP contribution in [0.4, 0.5) is 0 Å². The van der Waals surface area contributed by atoms with Gasteiger partial charge in [-0.15, -0.1) is 0 Å². The number of halogens is 1. The molecule has 23 heavy (non-hydrogen) atoms. The van der Waals surface area contributed by atoms with Crippen LogP contribution in [0.25, 0.3) is 0 Å². The molecule has 120 valence electrons. The highest BCUT2D eigenvalue weighted by Gasteiger charge is 2.33. The number of ether oxygens (including phenoxy) is 1. The lowest BCUT2D eigenvalue weighted by Gasteiger charge is -2.25. The molecule has 0 saturated heterocycles. The van der Waals surface area contributed by atoms with Crippen LogP contribution in [0.3, 0.4) is 0 Å². The van der Waals surface area contributed by atoms with E-state index in [0.29, 0.717) is 13.1 Å². The van der Waals surface area contributed by atoms with Crippen LogP contribution >= 0.6 is 15.9 Å². The topological polar surface area (TPSA) is 42.4 Å². The van der Waals surface area contributed by atoms with Crippen molar-refractivity contribution in [2.24, 2.45) is 5.92 Å². The van der Waals surface area contributed by atoms with Gasteiger partial charge in [0.05, 0.1) is 0 Å². The Labute approximate surface area is 144 Å². The Morgan fingerprint density at radius 2 is 2.22 bits per heavy atom. The molecule has 1 unspecified atom stereocenters. The van der Waals surface area contributed by atoms with Crippen LogP contribution < -0.4 is 4.74 Å². The summed E-state index contributed by atoms with van der Waals surface area (Å²) in [5, 5.41) is 0. The molecule has 0 fully saturated rings. The van der Waals surface area contributed by atoms with Crippen molar-refractivity contribution in [3.05, 3.63) is 58.3 Å². The molecule has 2 heterocycles. The van der Waals surface area contributed by atoms with Crippen LogP contribution in [0.15, 0.2) is 47.2 Å². The highest BCUT2D eigenvalue weighted by atomic mass is 79.9. The van der Waals surface area contributed by atoms with Crippen molar-refractivity contribution in [3.63, 3.8) is 0 Å². The lowest BCUT2D eigenvalue weighted by Crippen LogP contribution is -2.42. The Morgan fingerprint density at radius 1 is 1.39 bits per heavy atom. The van der Waals surface area contributed by atoms with Crippen LogP contribution in [-0.2, 0) is 17.9 Å². The van der Waals surface area contributed by atoms with E-state index in [1.165, 1.54) is 0 Å². The third-order valence-corrected chi connectivity index (χ3v) is 4.39. The maximum Gasteiger partial charge on any atom is 0.264 e. The van der Waals surface area contributed by atoms with Crippen molar-refractivity contribution in [2.45, 2.75) is 33.0 Å². The summed E-state index contributed by atoms with van der Waals surface area (Å²) in [5.74, 6) is 0.915. The van der Waals surface area contributed by atoms with E-state index in [2.05, 4.69) is 20.9 Å². The second-order valence-electron chi connectivity index (χ2n) is 6.09. The molecule has 1 atom stereocenters. The summed E-state index contributed by atoms with van der Waals surface area (Å²) in [6, 6.07) is 9.76. The third kappa shape index (κ3) is 3.55. The predicted octanol–water partition coefficient (Wildman–Crippen LogP) is 3.79. The monoisotopic (exact) mass is 374 g/mol. The van der Waals surface area contributed by atoms with E-state index in [1.54, 1.807) is 12.4 Å². The van der Waals surface area contributed by atoms with Gasteiger partial charge < -0.3 is 9.64 Å². The number of aromatic nitrogens is 1. The van der Waals surface area contributed by atoms with Crippen LogP contribution in [0.5, 0.6) is 5.75 Å². The maximum absolute atomic E-state index is 12.9. The van der Waals surface area contributed by atoms with Crippen LogP contribution in [0.1, 0.15) is 25.0 Å². The molecule has 1 aliphatic heterocycles. The van der Waals surface area contributed by atoms with Crippen molar-refractivity contribution >= 4 is 21.8 Å². The molecule has 0 radical (unpaired) electrons. The summed E-state index contributed by atoms with van der Waals surface area (Å²) >= 11 is 3.49. The van der Waals surface area contributed by atoms with E-state index in [1.807, 2.05) is 49.1 Å². The highest BCUT2D eigenvalue weighted by molar-refractivity contribution is 9.10. The molecule has 0 saturated carbocycles. The summed E-state index contributed by atoms with van der Waals surface area (Å²) in [4.78, 5) is 18.9. The van der Waals surface area contributed by atoms with Gasteiger partial charge in [-0.05, 0) is 35.7 Å². The quantitative estimate of drug-likeness (QED) is 0.820.